The second-order valence-electron chi connectivity index (χ2n) is 5.82. The maximum atomic E-state index is 12.4. The fraction of sp³-hybridized carbons (Fsp3) is 0.0909. The Morgan fingerprint density at radius 1 is 0.667 bits per heavy atom. The number of carbonyl (C=O) groups excluding carboxylic acids is 2. The Labute approximate surface area is 156 Å². The van der Waals surface area contributed by atoms with Gasteiger partial charge in [-0.25, -0.2) is 9.59 Å². The van der Waals surface area contributed by atoms with Gasteiger partial charge in [0, 0.05) is 0 Å². The molecular weight excluding hydrogens is 344 g/mol. The van der Waals surface area contributed by atoms with E-state index in [1.807, 2.05) is 60.7 Å². The van der Waals surface area contributed by atoms with E-state index in [0.29, 0.717) is 0 Å². The minimum Gasteiger partial charge on any atom is -0.507 e. The van der Waals surface area contributed by atoms with E-state index in [-0.39, 0.29) is 30.1 Å². The monoisotopic (exact) mass is 362 g/mol. The van der Waals surface area contributed by atoms with Gasteiger partial charge in [0.2, 0.25) is 0 Å². The normalized spacial score (nSPS) is 10.2. The summed E-state index contributed by atoms with van der Waals surface area (Å²) in [6.45, 7) is 0.0976. The summed E-state index contributed by atoms with van der Waals surface area (Å²) in [4.78, 5) is 24.9. The lowest BCUT2D eigenvalue weighted by Crippen LogP contribution is -2.14. The Bertz CT molecular complexity index is 920. The molecule has 0 unspecified atom stereocenters. The Morgan fingerprint density at radius 3 is 1.74 bits per heavy atom. The highest BCUT2D eigenvalue weighted by molar-refractivity contribution is 6.05. The number of esters is 2. The van der Waals surface area contributed by atoms with Gasteiger partial charge in [-0.15, -0.1) is 0 Å². The van der Waals surface area contributed by atoms with Crippen LogP contribution in [-0.2, 0) is 22.7 Å². The van der Waals surface area contributed by atoms with Gasteiger partial charge in [0.25, 0.3) is 0 Å². The van der Waals surface area contributed by atoms with E-state index in [1.54, 1.807) is 0 Å². The molecule has 0 amide bonds. The first-order valence-electron chi connectivity index (χ1n) is 8.39. The minimum absolute atomic E-state index is 0.0342. The molecule has 0 bridgehead atoms. The molecule has 0 atom stereocenters. The number of phenolic OH excluding ortho intramolecular Hbond substituents is 1. The largest absolute Gasteiger partial charge is 0.507 e. The first kappa shape index (κ1) is 18.2. The summed E-state index contributed by atoms with van der Waals surface area (Å²) in [6, 6.07) is 22.5. The summed E-state index contributed by atoms with van der Waals surface area (Å²) in [7, 11) is 0. The van der Waals surface area contributed by atoms with E-state index in [9.17, 15) is 14.7 Å². The van der Waals surface area contributed by atoms with Gasteiger partial charge < -0.3 is 14.6 Å². The van der Waals surface area contributed by atoms with Crippen molar-refractivity contribution < 1.29 is 24.2 Å². The minimum atomic E-state index is -0.788. The highest BCUT2D eigenvalue weighted by Crippen LogP contribution is 2.24. The zero-order valence-electron chi connectivity index (χ0n) is 14.5. The van der Waals surface area contributed by atoms with Crippen molar-refractivity contribution in [2.75, 3.05) is 0 Å². The standard InChI is InChI=1S/C22H18O5/c23-19-13-7-12-18(21(24)26-14-16-8-3-1-4-9-16)20(19)22(25)27-15-17-10-5-2-6-11-17/h1-13,23H,14-15H2. The molecule has 5 nitrogen and oxygen atoms in total. The highest BCUT2D eigenvalue weighted by Gasteiger charge is 2.23. The van der Waals surface area contributed by atoms with Crippen molar-refractivity contribution in [3.63, 3.8) is 0 Å². The molecule has 0 heterocycles. The van der Waals surface area contributed by atoms with Crippen LogP contribution < -0.4 is 0 Å². The number of phenols is 1. The summed E-state index contributed by atoms with van der Waals surface area (Å²) >= 11 is 0. The number of hydrogen-bond donors (Lipinski definition) is 1. The van der Waals surface area contributed by atoms with Crippen molar-refractivity contribution >= 4 is 11.9 Å². The Kier molecular flexibility index (Phi) is 5.84. The lowest BCUT2D eigenvalue weighted by atomic mass is 10.1. The molecule has 0 radical (unpaired) electrons. The zero-order valence-corrected chi connectivity index (χ0v) is 14.5. The molecule has 0 aromatic heterocycles. The van der Waals surface area contributed by atoms with Crippen LogP contribution in [0.5, 0.6) is 5.75 Å². The van der Waals surface area contributed by atoms with E-state index in [1.165, 1.54) is 18.2 Å². The molecule has 0 aliphatic carbocycles. The van der Waals surface area contributed by atoms with Crippen molar-refractivity contribution in [2.45, 2.75) is 13.2 Å². The van der Waals surface area contributed by atoms with Gasteiger partial charge in [-0.2, -0.15) is 0 Å². The zero-order chi connectivity index (χ0) is 19.1. The first-order valence-corrected chi connectivity index (χ1v) is 8.39. The van der Waals surface area contributed by atoms with Crippen molar-refractivity contribution in [1.29, 1.82) is 0 Å². The Hall–Kier alpha value is -3.60. The second-order valence-corrected chi connectivity index (χ2v) is 5.82. The van der Waals surface area contributed by atoms with Crippen LogP contribution in [0.15, 0.2) is 78.9 Å². The van der Waals surface area contributed by atoms with Gasteiger partial charge in [0.1, 0.15) is 24.5 Å². The van der Waals surface area contributed by atoms with Crippen LogP contribution in [0.1, 0.15) is 31.8 Å². The molecule has 136 valence electrons. The van der Waals surface area contributed by atoms with Crippen LogP contribution in [0.3, 0.4) is 0 Å². The third-order valence-corrected chi connectivity index (χ3v) is 3.89. The molecule has 0 saturated carbocycles. The summed E-state index contributed by atoms with van der Waals surface area (Å²) in [6.07, 6.45) is 0. The van der Waals surface area contributed by atoms with E-state index in [2.05, 4.69) is 0 Å². The van der Waals surface area contributed by atoms with Crippen molar-refractivity contribution in [1.82, 2.24) is 0 Å². The Morgan fingerprint density at radius 2 is 1.19 bits per heavy atom. The van der Waals surface area contributed by atoms with Crippen molar-refractivity contribution in [3.05, 3.63) is 101 Å². The number of benzene rings is 3. The van der Waals surface area contributed by atoms with E-state index in [4.69, 9.17) is 9.47 Å². The smallest absolute Gasteiger partial charge is 0.343 e. The van der Waals surface area contributed by atoms with Crippen molar-refractivity contribution in [3.8, 4) is 5.75 Å². The molecule has 0 aliphatic rings. The summed E-state index contributed by atoms with van der Waals surface area (Å²) in [5.41, 5.74) is 1.38. The van der Waals surface area contributed by atoms with Gasteiger partial charge in [-0.1, -0.05) is 66.7 Å². The predicted octanol–water partition coefficient (Wildman–Crippen LogP) is 4.11. The van der Waals surface area contributed by atoms with Crippen LogP contribution in [0, 0.1) is 0 Å². The van der Waals surface area contributed by atoms with Crippen LogP contribution in [0.25, 0.3) is 0 Å². The molecule has 0 aliphatic heterocycles. The average Bonchev–Trinajstić information content (AvgIpc) is 2.71. The van der Waals surface area contributed by atoms with Crippen LogP contribution in [-0.4, -0.2) is 17.0 Å². The lowest BCUT2D eigenvalue weighted by Gasteiger charge is -2.11. The number of hydrogen-bond acceptors (Lipinski definition) is 5. The lowest BCUT2D eigenvalue weighted by molar-refractivity contribution is 0.0422. The molecule has 27 heavy (non-hydrogen) atoms. The molecule has 3 aromatic carbocycles. The van der Waals surface area contributed by atoms with Gasteiger partial charge in [-0.05, 0) is 23.3 Å². The fourth-order valence-corrected chi connectivity index (χ4v) is 2.52. The van der Waals surface area contributed by atoms with Crippen molar-refractivity contribution in [2.24, 2.45) is 0 Å². The summed E-state index contributed by atoms with van der Waals surface area (Å²) in [5.74, 6) is -1.83. The number of carbonyl (C=O) groups is 2. The van der Waals surface area contributed by atoms with E-state index >= 15 is 0 Å². The highest BCUT2D eigenvalue weighted by atomic mass is 16.5. The van der Waals surface area contributed by atoms with Gasteiger partial charge in [0.15, 0.2) is 0 Å². The third kappa shape index (κ3) is 4.73. The second kappa shape index (κ2) is 8.67. The molecule has 1 N–H and O–H groups in total. The van der Waals surface area contributed by atoms with Crippen LogP contribution >= 0.6 is 0 Å². The quantitative estimate of drug-likeness (QED) is 0.668. The topological polar surface area (TPSA) is 72.8 Å². The van der Waals surface area contributed by atoms with E-state index < -0.39 is 11.9 Å². The average molecular weight is 362 g/mol. The SMILES string of the molecule is O=C(OCc1ccccc1)c1cccc(O)c1C(=O)OCc1ccccc1. The molecule has 5 heteroatoms. The maximum absolute atomic E-state index is 12.4. The van der Waals surface area contributed by atoms with Gasteiger partial charge >= 0.3 is 11.9 Å². The van der Waals surface area contributed by atoms with Crippen LogP contribution in [0.2, 0.25) is 0 Å². The molecule has 0 saturated heterocycles. The molecule has 3 rings (SSSR count). The molecular formula is C22H18O5. The number of rotatable bonds is 6. The maximum Gasteiger partial charge on any atom is 0.343 e. The first-order chi connectivity index (χ1) is 13.1. The molecule has 0 spiro atoms. The summed E-state index contributed by atoms with van der Waals surface area (Å²) in [5, 5.41) is 10.1. The summed E-state index contributed by atoms with van der Waals surface area (Å²) < 4.78 is 10.5. The van der Waals surface area contributed by atoms with Crippen LogP contribution in [0.4, 0.5) is 0 Å². The molecule has 3 aromatic rings. The number of aromatic hydroxyl groups is 1. The van der Waals surface area contributed by atoms with Gasteiger partial charge in [0.05, 0.1) is 5.56 Å². The Balaban J connectivity index is 1.73. The molecule has 0 fully saturated rings. The predicted molar refractivity (Wildman–Crippen MR) is 99.2 cm³/mol. The van der Waals surface area contributed by atoms with Gasteiger partial charge in [-0.3, -0.25) is 0 Å². The van der Waals surface area contributed by atoms with E-state index in [0.717, 1.165) is 11.1 Å². The third-order valence-electron chi connectivity index (χ3n) is 3.89. The number of ether oxygens (including phenoxy) is 2. The fourth-order valence-electron chi connectivity index (χ4n) is 2.52.